The fourth-order valence-electron chi connectivity index (χ4n) is 2.48. The van der Waals surface area contributed by atoms with Crippen LogP contribution in [0, 0.1) is 0 Å². The van der Waals surface area contributed by atoms with E-state index in [2.05, 4.69) is 11.1 Å². The molecule has 0 saturated heterocycles. The van der Waals surface area contributed by atoms with Gasteiger partial charge in [-0.25, -0.2) is 0 Å². The Balaban J connectivity index is 1.94. The van der Waals surface area contributed by atoms with Crippen LogP contribution in [0.1, 0.15) is 17.2 Å². The molecule has 3 rings (SSSR count). The number of halogens is 2. The topological polar surface area (TPSA) is 38.9 Å². The van der Waals surface area contributed by atoms with Crippen LogP contribution in [0.5, 0.6) is 0 Å². The third-order valence-electron chi connectivity index (χ3n) is 3.49. The van der Waals surface area contributed by atoms with Gasteiger partial charge in [0.05, 0.1) is 5.52 Å². The summed E-state index contributed by atoms with van der Waals surface area (Å²) in [5, 5.41) is 2.34. The number of aromatic nitrogens is 1. The quantitative estimate of drug-likeness (QED) is 0.755. The third-order valence-corrected chi connectivity index (χ3v) is 3.93. The molecule has 1 unspecified atom stereocenters. The highest BCUT2D eigenvalue weighted by Gasteiger charge is 2.11. The molecule has 1 atom stereocenters. The van der Waals surface area contributed by atoms with E-state index in [9.17, 15) is 0 Å². The Labute approximate surface area is 133 Å². The minimum atomic E-state index is -0.160. The van der Waals surface area contributed by atoms with Gasteiger partial charge in [-0.3, -0.25) is 4.98 Å². The summed E-state index contributed by atoms with van der Waals surface area (Å²) in [6, 6.07) is 15.3. The Morgan fingerprint density at radius 2 is 1.71 bits per heavy atom. The van der Waals surface area contributed by atoms with Crippen molar-refractivity contribution in [3.8, 4) is 0 Å². The number of pyridine rings is 1. The Kier molecular flexibility index (Phi) is 4.11. The molecule has 0 fully saturated rings. The minimum Gasteiger partial charge on any atom is -0.324 e. The van der Waals surface area contributed by atoms with E-state index >= 15 is 0 Å². The van der Waals surface area contributed by atoms with E-state index < -0.39 is 0 Å². The number of nitrogens with zero attached hydrogens (tertiary/aromatic N) is 1. The maximum Gasteiger partial charge on any atom is 0.0704 e. The second kappa shape index (κ2) is 6.02. The zero-order valence-corrected chi connectivity index (χ0v) is 12.8. The van der Waals surface area contributed by atoms with Crippen LogP contribution in [0.25, 0.3) is 10.9 Å². The molecule has 0 aliphatic carbocycles. The lowest BCUT2D eigenvalue weighted by atomic mass is 9.97. The van der Waals surface area contributed by atoms with E-state index in [1.54, 1.807) is 6.07 Å². The van der Waals surface area contributed by atoms with E-state index in [1.165, 1.54) is 5.56 Å². The molecule has 0 radical (unpaired) electrons. The van der Waals surface area contributed by atoms with E-state index in [4.69, 9.17) is 28.9 Å². The van der Waals surface area contributed by atoms with Crippen molar-refractivity contribution in [3.05, 3.63) is 75.9 Å². The first-order valence-electron chi connectivity index (χ1n) is 6.67. The Morgan fingerprint density at radius 3 is 2.48 bits per heavy atom. The van der Waals surface area contributed by atoms with Gasteiger partial charge in [0, 0.05) is 27.7 Å². The van der Waals surface area contributed by atoms with Crippen LogP contribution < -0.4 is 5.73 Å². The zero-order valence-electron chi connectivity index (χ0n) is 11.3. The number of benzene rings is 2. The van der Waals surface area contributed by atoms with Gasteiger partial charge in [-0.05, 0) is 47.9 Å². The van der Waals surface area contributed by atoms with Gasteiger partial charge in [-0.2, -0.15) is 0 Å². The van der Waals surface area contributed by atoms with Gasteiger partial charge < -0.3 is 5.73 Å². The lowest BCUT2D eigenvalue weighted by molar-refractivity contribution is 0.725. The van der Waals surface area contributed by atoms with Crippen molar-refractivity contribution in [3.63, 3.8) is 0 Å². The zero-order chi connectivity index (χ0) is 14.8. The standard InChI is InChI=1S/C17H14Cl2N2/c18-13-7-12(8-14(19)10-13)16(20)9-11-5-6-21-17-4-2-1-3-15(11)17/h1-8,10,16H,9,20H2. The number of nitrogens with two attached hydrogens (primary N) is 1. The van der Waals surface area contributed by atoms with Gasteiger partial charge in [0.25, 0.3) is 0 Å². The van der Waals surface area contributed by atoms with Crippen LogP contribution in [-0.4, -0.2) is 4.98 Å². The van der Waals surface area contributed by atoms with Crippen molar-refractivity contribution in [1.29, 1.82) is 0 Å². The SMILES string of the molecule is NC(Cc1ccnc2ccccc12)c1cc(Cl)cc(Cl)c1. The van der Waals surface area contributed by atoms with Crippen molar-refractivity contribution in [2.75, 3.05) is 0 Å². The molecule has 0 amide bonds. The van der Waals surface area contributed by atoms with E-state index in [-0.39, 0.29) is 6.04 Å². The number of hydrogen-bond donors (Lipinski definition) is 1. The van der Waals surface area contributed by atoms with Crippen LogP contribution >= 0.6 is 23.2 Å². The fraction of sp³-hybridized carbons (Fsp3) is 0.118. The summed E-state index contributed by atoms with van der Waals surface area (Å²) in [6.07, 6.45) is 2.52. The molecular weight excluding hydrogens is 303 g/mol. The molecular formula is C17H14Cl2N2. The number of hydrogen-bond acceptors (Lipinski definition) is 2. The monoisotopic (exact) mass is 316 g/mol. The van der Waals surface area contributed by atoms with E-state index in [0.717, 1.165) is 16.5 Å². The predicted molar refractivity (Wildman–Crippen MR) is 88.8 cm³/mol. The normalized spacial score (nSPS) is 12.5. The van der Waals surface area contributed by atoms with Crippen molar-refractivity contribution in [1.82, 2.24) is 4.98 Å². The molecule has 2 N–H and O–H groups in total. The van der Waals surface area contributed by atoms with Gasteiger partial charge >= 0.3 is 0 Å². The second-order valence-corrected chi connectivity index (χ2v) is 5.87. The molecule has 3 aromatic rings. The Morgan fingerprint density at radius 1 is 1.00 bits per heavy atom. The first-order valence-corrected chi connectivity index (χ1v) is 7.43. The van der Waals surface area contributed by atoms with Gasteiger partial charge in [0.2, 0.25) is 0 Å². The predicted octanol–water partition coefficient (Wildman–Crippen LogP) is 4.78. The highest BCUT2D eigenvalue weighted by Crippen LogP contribution is 2.26. The van der Waals surface area contributed by atoms with E-state index in [1.807, 2.05) is 42.6 Å². The van der Waals surface area contributed by atoms with E-state index in [0.29, 0.717) is 16.5 Å². The molecule has 4 heteroatoms. The van der Waals surface area contributed by atoms with Crippen molar-refractivity contribution in [2.45, 2.75) is 12.5 Å². The summed E-state index contributed by atoms with van der Waals surface area (Å²) in [7, 11) is 0. The summed E-state index contributed by atoms with van der Waals surface area (Å²) >= 11 is 12.1. The lowest BCUT2D eigenvalue weighted by Gasteiger charge is -2.14. The summed E-state index contributed by atoms with van der Waals surface area (Å²) < 4.78 is 0. The average Bonchev–Trinajstić information content (AvgIpc) is 2.46. The molecule has 0 saturated carbocycles. The van der Waals surface area contributed by atoms with Crippen molar-refractivity contribution >= 4 is 34.1 Å². The minimum absolute atomic E-state index is 0.160. The molecule has 0 aliphatic rings. The maximum atomic E-state index is 6.32. The molecule has 2 nitrogen and oxygen atoms in total. The highest BCUT2D eigenvalue weighted by molar-refractivity contribution is 6.34. The van der Waals surface area contributed by atoms with Gasteiger partial charge in [-0.1, -0.05) is 41.4 Å². The molecule has 1 aromatic heterocycles. The third kappa shape index (κ3) is 3.18. The van der Waals surface area contributed by atoms with Crippen molar-refractivity contribution in [2.24, 2.45) is 5.73 Å². The molecule has 106 valence electrons. The Bertz CT molecular complexity index is 761. The molecule has 2 aromatic carbocycles. The molecule has 0 aliphatic heterocycles. The second-order valence-electron chi connectivity index (χ2n) is 5.00. The number of para-hydroxylation sites is 1. The maximum absolute atomic E-state index is 6.32. The average molecular weight is 317 g/mol. The molecule has 0 bridgehead atoms. The first-order chi connectivity index (χ1) is 10.1. The summed E-state index contributed by atoms with van der Waals surface area (Å²) in [4.78, 5) is 4.37. The van der Waals surface area contributed by atoms with Crippen LogP contribution in [0.3, 0.4) is 0 Å². The van der Waals surface area contributed by atoms with Crippen LogP contribution in [0.4, 0.5) is 0 Å². The number of fused-ring (bicyclic) bond motifs is 1. The molecule has 0 spiro atoms. The smallest absolute Gasteiger partial charge is 0.0704 e. The van der Waals surface area contributed by atoms with Gasteiger partial charge in [-0.15, -0.1) is 0 Å². The summed E-state index contributed by atoms with van der Waals surface area (Å²) in [6.45, 7) is 0. The first kappa shape index (κ1) is 14.3. The molecule has 1 heterocycles. The molecule has 21 heavy (non-hydrogen) atoms. The highest BCUT2D eigenvalue weighted by atomic mass is 35.5. The van der Waals surface area contributed by atoms with Gasteiger partial charge in [0.15, 0.2) is 0 Å². The Hall–Kier alpha value is -1.61. The fourth-order valence-corrected chi connectivity index (χ4v) is 3.02. The van der Waals surface area contributed by atoms with Crippen LogP contribution in [0.15, 0.2) is 54.7 Å². The largest absolute Gasteiger partial charge is 0.324 e. The van der Waals surface area contributed by atoms with Crippen LogP contribution in [-0.2, 0) is 6.42 Å². The lowest BCUT2D eigenvalue weighted by Crippen LogP contribution is -2.13. The summed E-state index contributed by atoms with van der Waals surface area (Å²) in [5.41, 5.74) is 9.41. The van der Waals surface area contributed by atoms with Crippen LogP contribution in [0.2, 0.25) is 10.0 Å². The van der Waals surface area contributed by atoms with Gasteiger partial charge in [0.1, 0.15) is 0 Å². The van der Waals surface area contributed by atoms with Crippen molar-refractivity contribution < 1.29 is 0 Å². The number of rotatable bonds is 3. The summed E-state index contributed by atoms with van der Waals surface area (Å²) in [5.74, 6) is 0.